The van der Waals surface area contributed by atoms with Gasteiger partial charge in [0.15, 0.2) is 0 Å². The van der Waals surface area contributed by atoms with E-state index in [-0.39, 0.29) is 5.54 Å². The summed E-state index contributed by atoms with van der Waals surface area (Å²) in [5.74, 6) is 0.898. The van der Waals surface area contributed by atoms with E-state index in [0.29, 0.717) is 0 Å². The Kier molecular flexibility index (Phi) is 1.98. The molecule has 3 rings (SSSR count). The van der Waals surface area contributed by atoms with Crippen molar-refractivity contribution >= 4 is 10.9 Å². The number of rotatable bonds is 3. The predicted octanol–water partition coefficient (Wildman–Crippen LogP) is 2.39. The molecule has 1 aromatic heterocycles. The lowest BCUT2D eigenvalue weighted by Gasteiger charge is -2.10. The van der Waals surface area contributed by atoms with E-state index in [1.807, 2.05) is 19.2 Å². The molecule has 0 bridgehead atoms. The molecule has 84 valence electrons. The first-order valence-electron chi connectivity index (χ1n) is 5.63. The quantitative estimate of drug-likeness (QED) is 0.826. The lowest BCUT2D eigenvalue weighted by molar-refractivity contribution is 0.415. The molecular formula is C13H16N2O. The molecule has 1 saturated carbocycles. The molecule has 1 fully saturated rings. The SMILES string of the molecule is CNC1(c2cc3ccc(OC)cc3[nH]2)CC1. The van der Waals surface area contributed by atoms with Crippen molar-refractivity contribution < 1.29 is 4.74 Å². The standard InChI is InChI=1S/C13H16N2O/c1-14-13(5-6-13)12-7-9-3-4-10(16-2)8-11(9)15-12/h3-4,7-8,14-15H,5-6H2,1-2H3. The van der Waals surface area contributed by atoms with Gasteiger partial charge in [-0.15, -0.1) is 0 Å². The van der Waals surface area contributed by atoms with Crippen LogP contribution in [0.15, 0.2) is 24.3 Å². The van der Waals surface area contributed by atoms with Gasteiger partial charge in [0.25, 0.3) is 0 Å². The summed E-state index contributed by atoms with van der Waals surface area (Å²) in [6, 6.07) is 8.38. The van der Waals surface area contributed by atoms with E-state index in [2.05, 4.69) is 22.4 Å². The summed E-state index contributed by atoms with van der Waals surface area (Å²) in [5.41, 5.74) is 2.64. The molecule has 0 amide bonds. The number of fused-ring (bicyclic) bond motifs is 1. The van der Waals surface area contributed by atoms with Gasteiger partial charge in [-0.2, -0.15) is 0 Å². The largest absolute Gasteiger partial charge is 0.497 e. The minimum absolute atomic E-state index is 0.201. The smallest absolute Gasteiger partial charge is 0.120 e. The third kappa shape index (κ3) is 1.32. The van der Waals surface area contributed by atoms with Gasteiger partial charge in [0, 0.05) is 17.3 Å². The Labute approximate surface area is 94.8 Å². The minimum Gasteiger partial charge on any atom is -0.497 e. The van der Waals surface area contributed by atoms with E-state index in [1.54, 1.807) is 7.11 Å². The lowest BCUT2D eigenvalue weighted by Crippen LogP contribution is -2.24. The number of ether oxygens (including phenoxy) is 1. The van der Waals surface area contributed by atoms with E-state index in [4.69, 9.17) is 4.74 Å². The fourth-order valence-electron chi connectivity index (χ4n) is 2.27. The zero-order valence-corrected chi connectivity index (χ0v) is 9.63. The Balaban J connectivity index is 2.09. The van der Waals surface area contributed by atoms with Crippen LogP contribution in [0, 0.1) is 0 Å². The number of hydrogen-bond acceptors (Lipinski definition) is 2. The van der Waals surface area contributed by atoms with Crippen molar-refractivity contribution in [3.8, 4) is 5.75 Å². The van der Waals surface area contributed by atoms with E-state index in [0.717, 1.165) is 11.3 Å². The van der Waals surface area contributed by atoms with Gasteiger partial charge in [-0.05, 0) is 43.5 Å². The highest BCUT2D eigenvalue weighted by molar-refractivity contribution is 5.82. The van der Waals surface area contributed by atoms with Crippen LogP contribution in [-0.2, 0) is 5.54 Å². The van der Waals surface area contributed by atoms with Gasteiger partial charge in [-0.1, -0.05) is 0 Å². The maximum absolute atomic E-state index is 5.22. The van der Waals surface area contributed by atoms with Crippen LogP contribution >= 0.6 is 0 Å². The lowest BCUT2D eigenvalue weighted by atomic mass is 10.1. The Morgan fingerprint density at radius 1 is 1.31 bits per heavy atom. The third-order valence-electron chi connectivity index (χ3n) is 3.57. The van der Waals surface area contributed by atoms with Crippen molar-refractivity contribution in [1.29, 1.82) is 0 Å². The van der Waals surface area contributed by atoms with Crippen LogP contribution in [0.1, 0.15) is 18.5 Å². The van der Waals surface area contributed by atoms with Gasteiger partial charge in [0.05, 0.1) is 12.6 Å². The molecule has 1 heterocycles. The van der Waals surface area contributed by atoms with E-state index >= 15 is 0 Å². The van der Waals surface area contributed by atoms with Crippen LogP contribution in [0.3, 0.4) is 0 Å². The second-order valence-corrected chi connectivity index (χ2v) is 4.47. The molecule has 0 saturated heterocycles. The Bertz CT molecular complexity index is 526. The summed E-state index contributed by atoms with van der Waals surface area (Å²) in [5, 5.41) is 4.64. The molecule has 0 radical (unpaired) electrons. The van der Waals surface area contributed by atoms with E-state index in [1.165, 1.54) is 23.9 Å². The number of nitrogens with one attached hydrogen (secondary N) is 2. The first-order chi connectivity index (χ1) is 7.77. The maximum Gasteiger partial charge on any atom is 0.120 e. The second kappa shape index (κ2) is 3.25. The maximum atomic E-state index is 5.22. The fourth-order valence-corrected chi connectivity index (χ4v) is 2.27. The van der Waals surface area contributed by atoms with Gasteiger partial charge >= 0.3 is 0 Å². The Hall–Kier alpha value is -1.48. The minimum atomic E-state index is 0.201. The molecule has 1 aromatic carbocycles. The number of benzene rings is 1. The summed E-state index contributed by atoms with van der Waals surface area (Å²) in [7, 11) is 3.72. The molecule has 3 heteroatoms. The van der Waals surface area contributed by atoms with Crippen LogP contribution in [0.5, 0.6) is 5.75 Å². The van der Waals surface area contributed by atoms with E-state index < -0.39 is 0 Å². The number of methoxy groups -OCH3 is 1. The number of hydrogen-bond donors (Lipinski definition) is 2. The van der Waals surface area contributed by atoms with Gasteiger partial charge in [-0.25, -0.2) is 0 Å². The molecule has 2 aromatic rings. The van der Waals surface area contributed by atoms with Crippen LogP contribution in [0.25, 0.3) is 10.9 Å². The number of H-pyrrole nitrogens is 1. The van der Waals surface area contributed by atoms with Gasteiger partial charge in [-0.3, -0.25) is 0 Å². The highest BCUT2D eigenvalue weighted by Crippen LogP contribution is 2.45. The first-order valence-corrected chi connectivity index (χ1v) is 5.63. The normalized spacial score (nSPS) is 17.6. The monoisotopic (exact) mass is 216 g/mol. The van der Waals surface area contributed by atoms with E-state index in [9.17, 15) is 0 Å². The third-order valence-corrected chi connectivity index (χ3v) is 3.57. The zero-order valence-electron chi connectivity index (χ0n) is 9.63. The van der Waals surface area contributed by atoms with Crippen LogP contribution in [0.2, 0.25) is 0 Å². The van der Waals surface area contributed by atoms with Crippen LogP contribution < -0.4 is 10.1 Å². The number of aromatic nitrogens is 1. The highest BCUT2D eigenvalue weighted by Gasteiger charge is 2.43. The molecule has 0 aliphatic heterocycles. The van der Waals surface area contributed by atoms with Crippen LogP contribution in [-0.4, -0.2) is 19.1 Å². The topological polar surface area (TPSA) is 37.0 Å². The van der Waals surface area contributed by atoms with Crippen molar-refractivity contribution in [2.45, 2.75) is 18.4 Å². The molecule has 3 nitrogen and oxygen atoms in total. The second-order valence-electron chi connectivity index (χ2n) is 4.47. The summed E-state index contributed by atoms with van der Waals surface area (Å²) in [4.78, 5) is 3.48. The molecule has 0 spiro atoms. The molecule has 1 aliphatic carbocycles. The highest BCUT2D eigenvalue weighted by atomic mass is 16.5. The number of aromatic amines is 1. The molecule has 16 heavy (non-hydrogen) atoms. The van der Waals surface area contributed by atoms with Crippen molar-refractivity contribution in [2.75, 3.05) is 14.2 Å². The van der Waals surface area contributed by atoms with Crippen LogP contribution in [0.4, 0.5) is 0 Å². The summed E-state index contributed by atoms with van der Waals surface area (Å²) < 4.78 is 5.22. The molecular weight excluding hydrogens is 200 g/mol. The summed E-state index contributed by atoms with van der Waals surface area (Å²) in [6.45, 7) is 0. The molecule has 1 aliphatic rings. The summed E-state index contributed by atoms with van der Waals surface area (Å²) in [6.07, 6.45) is 2.43. The predicted molar refractivity (Wildman–Crippen MR) is 64.8 cm³/mol. The van der Waals surface area contributed by atoms with Crippen molar-refractivity contribution in [2.24, 2.45) is 0 Å². The van der Waals surface area contributed by atoms with Gasteiger partial charge < -0.3 is 15.0 Å². The average molecular weight is 216 g/mol. The average Bonchev–Trinajstić information content (AvgIpc) is 3.01. The Morgan fingerprint density at radius 2 is 2.12 bits per heavy atom. The van der Waals surface area contributed by atoms with Gasteiger partial charge in [0.2, 0.25) is 0 Å². The zero-order chi connectivity index (χ0) is 11.2. The molecule has 0 atom stereocenters. The van der Waals surface area contributed by atoms with Gasteiger partial charge in [0.1, 0.15) is 5.75 Å². The van der Waals surface area contributed by atoms with Crippen molar-refractivity contribution in [3.63, 3.8) is 0 Å². The summed E-state index contributed by atoms with van der Waals surface area (Å²) >= 11 is 0. The van der Waals surface area contributed by atoms with Crippen molar-refractivity contribution in [1.82, 2.24) is 10.3 Å². The Morgan fingerprint density at radius 3 is 2.75 bits per heavy atom. The molecule has 0 unspecified atom stereocenters. The fraction of sp³-hybridized carbons (Fsp3) is 0.385. The first kappa shape index (κ1) is 9.73. The van der Waals surface area contributed by atoms with Crippen molar-refractivity contribution in [3.05, 3.63) is 30.0 Å². The molecule has 2 N–H and O–H groups in total.